The molecule has 0 aliphatic heterocycles. The van der Waals surface area contributed by atoms with Crippen LogP contribution in [0.3, 0.4) is 0 Å². The first-order valence-corrected chi connectivity index (χ1v) is 11.4. The lowest BCUT2D eigenvalue weighted by atomic mass is 9.87. The average Bonchev–Trinajstić information content (AvgIpc) is 2.70. The van der Waals surface area contributed by atoms with Gasteiger partial charge in [-0.1, -0.05) is 17.7 Å². The van der Waals surface area contributed by atoms with Gasteiger partial charge in [-0.05, 0) is 57.0 Å². The summed E-state index contributed by atoms with van der Waals surface area (Å²) in [6, 6.07) is 11.6. The maximum Gasteiger partial charge on any atom is 0.265 e. The van der Waals surface area contributed by atoms with E-state index in [2.05, 4.69) is 4.72 Å². The number of carbonyl (C=O) groups excluding carboxylic acids is 1. The lowest BCUT2D eigenvalue weighted by Crippen LogP contribution is -2.48. The number of nitrogens with zero attached hydrogens (tertiary/aromatic N) is 1. The van der Waals surface area contributed by atoms with E-state index < -0.39 is 10.0 Å². The molecule has 8 heteroatoms. The van der Waals surface area contributed by atoms with Crippen LogP contribution < -0.4 is 9.46 Å². The molecule has 0 spiro atoms. The third-order valence-corrected chi connectivity index (χ3v) is 6.75. The van der Waals surface area contributed by atoms with Gasteiger partial charge < -0.3 is 14.4 Å². The quantitative estimate of drug-likeness (QED) is 0.691. The fourth-order valence-corrected chi connectivity index (χ4v) is 4.70. The van der Waals surface area contributed by atoms with Crippen LogP contribution in [0.1, 0.15) is 35.7 Å². The number of hydrogen-bond donors (Lipinski definition) is 1. The summed E-state index contributed by atoms with van der Waals surface area (Å²) in [7, 11) is -0.811. The van der Waals surface area contributed by atoms with E-state index in [0.29, 0.717) is 17.9 Å². The van der Waals surface area contributed by atoms with Crippen LogP contribution in [-0.2, 0) is 14.8 Å². The number of hydrogen-bond acceptors (Lipinski definition) is 5. The molecule has 0 saturated heterocycles. The maximum absolute atomic E-state index is 13.0. The fourth-order valence-electron chi connectivity index (χ4n) is 3.45. The van der Waals surface area contributed by atoms with E-state index >= 15 is 0 Å². The molecule has 30 heavy (non-hydrogen) atoms. The molecule has 2 aromatic rings. The number of methoxy groups -OCH3 is 1. The van der Waals surface area contributed by atoms with Crippen LogP contribution in [0.25, 0.3) is 0 Å². The van der Waals surface area contributed by atoms with Crippen LogP contribution in [-0.4, -0.2) is 52.1 Å². The highest BCUT2D eigenvalue weighted by atomic mass is 32.2. The molecule has 1 amide bonds. The van der Waals surface area contributed by atoms with Gasteiger partial charge in [0.2, 0.25) is 0 Å². The molecule has 1 fully saturated rings. The number of sulfonamides is 1. The third kappa shape index (κ3) is 4.76. The fraction of sp³-hybridized carbons (Fsp3) is 0.409. The number of ether oxygens (including phenoxy) is 2. The molecule has 0 radical (unpaired) electrons. The summed E-state index contributed by atoms with van der Waals surface area (Å²) in [6.45, 7) is 4.53. The van der Waals surface area contributed by atoms with E-state index in [0.717, 1.165) is 18.4 Å². The van der Waals surface area contributed by atoms with Crippen molar-refractivity contribution in [3.05, 3.63) is 53.6 Å². The SMILES string of the molecule is CCOC1CC(N(C)C(=O)c2ccc(OC)c(S(=O)(=O)Nc3ccc(C)cc3)c2)C1. The Morgan fingerprint density at radius 2 is 1.83 bits per heavy atom. The van der Waals surface area contributed by atoms with Gasteiger partial charge in [-0.25, -0.2) is 8.42 Å². The summed E-state index contributed by atoms with van der Waals surface area (Å²) in [6.07, 6.45) is 1.75. The monoisotopic (exact) mass is 432 g/mol. The number of amides is 1. The molecule has 0 bridgehead atoms. The van der Waals surface area contributed by atoms with Gasteiger partial charge >= 0.3 is 0 Å². The second-order valence-corrected chi connectivity index (χ2v) is 9.11. The lowest BCUT2D eigenvalue weighted by Gasteiger charge is -2.40. The van der Waals surface area contributed by atoms with Crippen LogP contribution in [0, 0.1) is 6.92 Å². The van der Waals surface area contributed by atoms with Crippen molar-refractivity contribution >= 4 is 21.6 Å². The van der Waals surface area contributed by atoms with Crippen LogP contribution >= 0.6 is 0 Å². The Labute approximate surface area is 178 Å². The number of anilines is 1. The molecule has 0 atom stereocenters. The largest absolute Gasteiger partial charge is 0.495 e. The summed E-state index contributed by atoms with van der Waals surface area (Å²) in [4.78, 5) is 14.5. The van der Waals surface area contributed by atoms with Crippen molar-refractivity contribution in [2.75, 3.05) is 25.5 Å². The zero-order valence-electron chi connectivity index (χ0n) is 17.7. The molecule has 1 aliphatic rings. The summed E-state index contributed by atoms with van der Waals surface area (Å²) < 4.78 is 39.3. The first-order valence-electron chi connectivity index (χ1n) is 9.91. The summed E-state index contributed by atoms with van der Waals surface area (Å²) in [5.74, 6) is -0.0572. The van der Waals surface area contributed by atoms with Crippen LogP contribution in [0.2, 0.25) is 0 Å². The minimum absolute atomic E-state index is 0.0781. The summed E-state index contributed by atoms with van der Waals surface area (Å²) in [5, 5.41) is 0. The molecule has 2 aromatic carbocycles. The molecule has 0 heterocycles. The van der Waals surface area contributed by atoms with Gasteiger partial charge in [-0.15, -0.1) is 0 Å². The first-order chi connectivity index (χ1) is 14.2. The Bertz CT molecular complexity index is 999. The highest BCUT2D eigenvalue weighted by Crippen LogP contribution is 2.31. The molecule has 0 unspecified atom stereocenters. The first kappa shape index (κ1) is 22.1. The Hall–Kier alpha value is -2.58. The van der Waals surface area contributed by atoms with Crippen LogP contribution in [0.5, 0.6) is 5.75 Å². The number of carbonyl (C=O) groups is 1. The lowest BCUT2D eigenvalue weighted by molar-refractivity contribution is -0.0344. The zero-order valence-corrected chi connectivity index (χ0v) is 18.5. The van der Waals surface area contributed by atoms with Crippen molar-refractivity contribution in [3.63, 3.8) is 0 Å². The number of rotatable bonds is 8. The van der Waals surface area contributed by atoms with Gasteiger partial charge in [0.15, 0.2) is 0 Å². The van der Waals surface area contributed by atoms with E-state index in [1.807, 2.05) is 26.0 Å². The number of benzene rings is 2. The van der Waals surface area contributed by atoms with Gasteiger partial charge in [-0.3, -0.25) is 9.52 Å². The van der Waals surface area contributed by atoms with Crippen molar-refractivity contribution in [1.82, 2.24) is 4.90 Å². The molecule has 1 aliphatic carbocycles. The second-order valence-electron chi connectivity index (χ2n) is 7.46. The second kappa shape index (κ2) is 9.06. The standard InChI is InChI=1S/C22H28N2O5S/c1-5-29-19-13-18(14-19)24(3)22(25)16-8-11-20(28-4)21(12-16)30(26,27)23-17-9-6-15(2)7-10-17/h6-12,18-19,23H,5,13-14H2,1-4H3. The molecule has 7 nitrogen and oxygen atoms in total. The predicted octanol–water partition coefficient (Wildman–Crippen LogP) is 3.44. The van der Waals surface area contributed by atoms with Crippen molar-refractivity contribution in [1.29, 1.82) is 0 Å². The Kier molecular flexibility index (Phi) is 6.67. The third-order valence-electron chi connectivity index (χ3n) is 5.34. The topological polar surface area (TPSA) is 84.9 Å². The molecule has 1 N–H and O–H groups in total. The van der Waals surface area contributed by atoms with Crippen LogP contribution in [0.4, 0.5) is 5.69 Å². The molecule has 1 saturated carbocycles. The van der Waals surface area contributed by atoms with Gasteiger partial charge in [0.1, 0.15) is 10.6 Å². The minimum Gasteiger partial charge on any atom is -0.495 e. The highest BCUT2D eigenvalue weighted by Gasteiger charge is 2.35. The van der Waals surface area contributed by atoms with E-state index in [1.165, 1.54) is 19.2 Å². The molecular weight excluding hydrogens is 404 g/mol. The van der Waals surface area contributed by atoms with Gasteiger partial charge in [-0.2, -0.15) is 0 Å². The molecular formula is C22H28N2O5S. The predicted molar refractivity (Wildman–Crippen MR) is 116 cm³/mol. The van der Waals surface area contributed by atoms with Crippen molar-refractivity contribution in [2.24, 2.45) is 0 Å². The van der Waals surface area contributed by atoms with E-state index in [9.17, 15) is 13.2 Å². The number of aryl methyl sites for hydroxylation is 1. The van der Waals surface area contributed by atoms with Crippen LogP contribution in [0.15, 0.2) is 47.4 Å². The molecule has 3 rings (SSSR count). The van der Waals surface area contributed by atoms with Gasteiger partial charge in [0, 0.05) is 30.9 Å². The Morgan fingerprint density at radius 3 is 2.43 bits per heavy atom. The Morgan fingerprint density at radius 1 is 1.17 bits per heavy atom. The van der Waals surface area contributed by atoms with Gasteiger partial charge in [0.05, 0.1) is 13.2 Å². The molecule has 0 aromatic heterocycles. The van der Waals surface area contributed by atoms with E-state index in [1.54, 1.807) is 30.1 Å². The van der Waals surface area contributed by atoms with Crippen molar-refractivity contribution in [3.8, 4) is 5.75 Å². The average molecular weight is 433 g/mol. The highest BCUT2D eigenvalue weighted by molar-refractivity contribution is 7.92. The van der Waals surface area contributed by atoms with Crippen molar-refractivity contribution < 1.29 is 22.7 Å². The smallest absolute Gasteiger partial charge is 0.265 e. The molecule has 162 valence electrons. The zero-order chi connectivity index (χ0) is 21.9. The van der Waals surface area contributed by atoms with E-state index in [-0.39, 0.29) is 28.7 Å². The summed E-state index contributed by atoms with van der Waals surface area (Å²) in [5.41, 5.74) is 1.75. The normalized spacial score (nSPS) is 18.4. The minimum atomic E-state index is -3.94. The van der Waals surface area contributed by atoms with Crippen molar-refractivity contribution in [2.45, 2.75) is 43.7 Å². The number of nitrogens with one attached hydrogen (secondary N) is 1. The van der Waals surface area contributed by atoms with E-state index in [4.69, 9.17) is 9.47 Å². The van der Waals surface area contributed by atoms with Gasteiger partial charge in [0.25, 0.3) is 15.9 Å². The maximum atomic E-state index is 13.0. The summed E-state index contributed by atoms with van der Waals surface area (Å²) >= 11 is 0. The Balaban J connectivity index is 1.82.